The largest absolute Gasteiger partial charge is 0.459 e. The van der Waals surface area contributed by atoms with Gasteiger partial charge in [0.25, 0.3) is 11.8 Å². The van der Waals surface area contributed by atoms with Gasteiger partial charge in [-0.15, -0.1) is 5.10 Å². The Morgan fingerprint density at radius 1 is 0.886 bits per heavy atom. The van der Waals surface area contributed by atoms with Crippen LogP contribution in [0.3, 0.4) is 0 Å². The maximum absolute atomic E-state index is 13.2. The summed E-state index contributed by atoms with van der Waals surface area (Å²) in [4.78, 5) is 33.8. The van der Waals surface area contributed by atoms with Gasteiger partial charge in [-0.05, 0) is 52.9 Å². The van der Waals surface area contributed by atoms with Crippen LogP contribution in [-0.2, 0) is 0 Å². The second-order valence-corrected chi connectivity index (χ2v) is 8.13. The molecule has 1 fully saturated rings. The van der Waals surface area contributed by atoms with Gasteiger partial charge < -0.3 is 19.5 Å². The summed E-state index contributed by atoms with van der Waals surface area (Å²) in [7, 11) is 0. The van der Waals surface area contributed by atoms with E-state index >= 15 is 0 Å². The summed E-state index contributed by atoms with van der Waals surface area (Å²) in [6, 6.07) is 18.1. The Morgan fingerprint density at radius 3 is 2.49 bits per heavy atom. The SMILES string of the molecule is O=C(c1cccc(Nc2nc3ccccc3n3nnnc23)c1)N1CCN(C(=O)c2ccco2)CC1. The van der Waals surface area contributed by atoms with Crippen LogP contribution in [0.1, 0.15) is 20.9 Å². The number of hydrogen-bond donors (Lipinski definition) is 1. The highest BCUT2D eigenvalue weighted by molar-refractivity contribution is 5.96. The normalized spacial score (nSPS) is 13.9. The van der Waals surface area contributed by atoms with Crippen LogP contribution in [0.15, 0.2) is 71.3 Å². The first-order valence-electron chi connectivity index (χ1n) is 11.1. The Morgan fingerprint density at radius 2 is 1.69 bits per heavy atom. The Bertz CT molecular complexity index is 1540. The van der Waals surface area contributed by atoms with Gasteiger partial charge in [0.1, 0.15) is 0 Å². The molecular formula is C24H20N8O3. The van der Waals surface area contributed by atoms with E-state index in [1.807, 2.05) is 36.4 Å². The van der Waals surface area contributed by atoms with E-state index in [-0.39, 0.29) is 11.8 Å². The molecule has 1 N–H and O–H groups in total. The van der Waals surface area contributed by atoms with Gasteiger partial charge in [-0.2, -0.15) is 4.52 Å². The number of anilines is 2. The zero-order chi connectivity index (χ0) is 23.8. The van der Waals surface area contributed by atoms with Crippen molar-refractivity contribution in [1.29, 1.82) is 0 Å². The molecule has 5 aromatic rings. The smallest absolute Gasteiger partial charge is 0.289 e. The van der Waals surface area contributed by atoms with Crippen LogP contribution in [0.5, 0.6) is 0 Å². The first-order chi connectivity index (χ1) is 17.2. The van der Waals surface area contributed by atoms with Gasteiger partial charge in [0.2, 0.25) is 5.65 Å². The third kappa shape index (κ3) is 3.82. The van der Waals surface area contributed by atoms with Crippen molar-refractivity contribution in [3.8, 4) is 0 Å². The van der Waals surface area contributed by atoms with E-state index in [9.17, 15) is 9.59 Å². The molecule has 0 atom stereocenters. The lowest BCUT2D eigenvalue weighted by Crippen LogP contribution is -2.50. The maximum atomic E-state index is 13.2. The average Bonchev–Trinajstić information content (AvgIpc) is 3.61. The van der Waals surface area contributed by atoms with Crippen LogP contribution in [0, 0.1) is 0 Å². The molecule has 0 aliphatic carbocycles. The topological polar surface area (TPSA) is 122 Å². The number of carbonyl (C=O) groups excluding carboxylic acids is 2. The van der Waals surface area contributed by atoms with Crippen LogP contribution in [0.25, 0.3) is 16.7 Å². The monoisotopic (exact) mass is 468 g/mol. The van der Waals surface area contributed by atoms with Crippen LogP contribution in [-0.4, -0.2) is 72.8 Å². The number of nitrogens with one attached hydrogen (secondary N) is 1. The minimum atomic E-state index is -0.162. The predicted molar refractivity (Wildman–Crippen MR) is 126 cm³/mol. The summed E-state index contributed by atoms with van der Waals surface area (Å²) in [6.45, 7) is 1.78. The number of hydrogen-bond acceptors (Lipinski definition) is 8. The second kappa shape index (κ2) is 8.52. The van der Waals surface area contributed by atoms with E-state index in [0.29, 0.717) is 54.7 Å². The van der Waals surface area contributed by atoms with Crippen LogP contribution < -0.4 is 5.32 Å². The fraction of sp³-hybridized carbons (Fsp3) is 0.167. The molecule has 0 bridgehead atoms. The summed E-state index contributed by atoms with van der Waals surface area (Å²) < 4.78 is 6.83. The standard InChI is InChI=1S/C24H20N8O3/c33-23(30-10-12-31(13-11-30)24(34)20-9-4-14-35-20)16-5-3-6-17(15-16)25-21-22-27-28-29-32(22)19-8-2-1-7-18(19)26-21/h1-9,14-15H,10-13H2,(H,25,26). The Kier molecular flexibility index (Phi) is 5.06. The van der Waals surface area contributed by atoms with Gasteiger partial charge in [-0.3, -0.25) is 9.59 Å². The summed E-state index contributed by atoms with van der Waals surface area (Å²) in [5, 5.41) is 15.2. The molecule has 0 saturated carbocycles. The second-order valence-electron chi connectivity index (χ2n) is 8.13. The van der Waals surface area contributed by atoms with E-state index < -0.39 is 0 Å². The summed E-state index contributed by atoms with van der Waals surface area (Å²) in [6.07, 6.45) is 1.48. The average molecular weight is 468 g/mol. The zero-order valence-electron chi connectivity index (χ0n) is 18.5. The molecule has 0 spiro atoms. The third-order valence-corrected chi connectivity index (χ3v) is 5.98. The number of piperazine rings is 1. The minimum Gasteiger partial charge on any atom is -0.459 e. The lowest BCUT2D eigenvalue weighted by atomic mass is 10.1. The van der Waals surface area contributed by atoms with Crippen molar-refractivity contribution in [3.05, 3.63) is 78.3 Å². The molecule has 35 heavy (non-hydrogen) atoms. The van der Waals surface area contributed by atoms with Crippen molar-refractivity contribution in [1.82, 2.24) is 34.8 Å². The highest BCUT2D eigenvalue weighted by Crippen LogP contribution is 2.23. The number of rotatable bonds is 4. The van der Waals surface area contributed by atoms with Crippen molar-refractivity contribution < 1.29 is 14.0 Å². The number of benzene rings is 2. The Hall–Kier alpha value is -4.80. The molecular weight excluding hydrogens is 448 g/mol. The highest BCUT2D eigenvalue weighted by atomic mass is 16.3. The van der Waals surface area contributed by atoms with Gasteiger partial charge in [0, 0.05) is 37.4 Å². The van der Waals surface area contributed by atoms with Crippen molar-refractivity contribution in [2.24, 2.45) is 0 Å². The van der Waals surface area contributed by atoms with Gasteiger partial charge >= 0.3 is 0 Å². The molecule has 174 valence electrons. The van der Waals surface area contributed by atoms with E-state index in [1.165, 1.54) is 6.26 Å². The molecule has 6 rings (SSSR count). The number of tetrazole rings is 1. The number of nitrogens with zero attached hydrogens (tertiary/aromatic N) is 7. The minimum absolute atomic E-state index is 0.0977. The zero-order valence-corrected chi connectivity index (χ0v) is 18.5. The molecule has 1 aliphatic rings. The maximum Gasteiger partial charge on any atom is 0.289 e. The van der Waals surface area contributed by atoms with Crippen molar-refractivity contribution in [2.45, 2.75) is 0 Å². The molecule has 0 unspecified atom stereocenters. The summed E-state index contributed by atoms with van der Waals surface area (Å²) in [5.41, 5.74) is 3.25. The molecule has 4 heterocycles. The molecule has 1 saturated heterocycles. The third-order valence-electron chi connectivity index (χ3n) is 5.98. The number of aromatic nitrogens is 5. The molecule has 11 heteroatoms. The van der Waals surface area contributed by atoms with Gasteiger partial charge in [0.15, 0.2) is 11.6 Å². The molecule has 0 radical (unpaired) electrons. The first-order valence-corrected chi connectivity index (χ1v) is 11.1. The summed E-state index contributed by atoms with van der Waals surface area (Å²) in [5.74, 6) is 0.538. The molecule has 11 nitrogen and oxygen atoms in total. The lowest BCUT2D eigenvalue weighted by Gasteiger charge is -2.34. The van der Waals surface area contributed by atoms with E-state index in [2.05, 4.69) is 25.8 Å². The Labute approximate surface area is 199 Å². The number of amides is 2. The predicted octanol–water partition coefficient (Wildman–Crippen LogP) is 2.61. The fourth-order valence-electron chi connectivity index (χ4n) is 4.21. The molecule has 3 aromatic heterocycles. The molecule has 2 aromatic carbocycles. The number of furan rings is 1. The van der Waals surface area contributed by atoms with E-state index in [0.717, 1.165) is 11.0 Å². The number of fused-ring (bicyclic) bond motifs is 3. The van der Waals surface area contributed by atoms with Crippen LogP contribution in [0.4, 0.5) is 11.5 Å². The number of para-hydroxylation sites is 2. The van der Waals surface area contributed by atoms with Crippen molar-refractivity contribution >= 4 is 40.0 Å². The van der Waals surface area contributed by atoms with E-state index in [1.54, 1.807) is 38.6 Å². The molecule has 1 aliphatic heterocycles. The van der Waals surface area contributed by atoms with Gasteiger partial charge in [-0.25, -0.2) is 4.98 Å². The van der Waals surface area contributed by atoms with Crippen LogP contribution in [0.2, 0.25) is 0 Å². The van der Waals surface area contributed by atoms with Crippen LogP contribution >= 0.6 is 0 Å². The van der Waals surface area contributed by atoms with E-state index in [4.69, 9.17) is 4.42 Å². The number of carbonyl (C=O) groups is 2. The first kappa shape index (κ1) is 20.8. The highest BCUT2D eigenvalue weighted by Gasteiger charge is 2.26. The summed E-state index contributed by atoms with van der Waals surface area (Å²) >= 11 is 0. The quantitative estimate of drug-likeness (QED) is 0.427. The van der Waals surface area contributed by atoms with Crippen molar-refractivity contribution in [2.75, 3.05) is 31.5 Å². The fourth-order valence-corrected chi connectivity index (χ4v) is 4.21. The van der Waals surface area contributed by atoms with Gasteiger partial charge in [0.05, 0.1) is 17.3 Å². The Balaban J connectivity index is 1.19. The lowest BCUT2D eigenvalue weighted by molar-refractivity contribution is 0.0518. The van der Waals surface area contributed by atoms with Crippen molar-refractivity contribution in [3.63, 3.8) is 0 Å². The van der Waals surface area contributed by atoms with Gasteiger partial charge in [-0.1, -0.05) is 18.2 Å². The molecule has 2 amide bonds.